The second-order valence-corrected chi connectivity index (χ2v) is 4.22. The third-order valence-electron chi connectivity index (χ3n) is 2.33. The van der Waals surface area contributed by atoms with Crippen molar-refractivity contribution in [3.8, 4) is 5.75 Å². The van der Waals surface area contributed by atoms with E-state index in [2.05, 4.69) is 0 Å². The molecule has 1 aromatic carbocycles. The van der Waals surface area contributed by atoms with Crippen molar-refractivity contribution in [3.05, 3.63) is 29.8 Å². The highest BCUT2D eigenvalue weighted by molar-refractivity contribution is 5.82. The summed E-state index contributed by atoms with van der Waals surface area (Å²) in [5.41, 5.74) is 0.459. The molecule has 18 heavy (non-hydrogen) atoms. The molecule has 0 bridgehead atoms. The fraction of sp³-hybridized carbons (Fsp3) is 0.385. The van der Waals surface area contributed by atoms with E-state index in [1.807, 2.05) is 13.8 Å². The van der Waals surface area contributed by atoms with Crippen LogP contribution in [0.25, 0.3) is 0 Å². The van der Waals surface area contributed by atoms with Gasteiger partial charge in [-0.1, -0.05) is 12.1 Å². The molecule has 1 rings (SSSR count). The Bertz CT molecular complexity index is 422. The fourth-order valence-corrected chi connectivity index (χ4v) is 1.57. The molecule has 5 nitrogen and oxygen atoms in total. The molecule has 1 aromatic rings. The number of carboxylic acids is 2. The summed E-state index contributed by atoms with van der Waals surface area (Å²) in [6.07, 6.45) is -0.398. The monoisotopic (exact) mass is 252 g/mol. The Kier molecular flexibility index (Phi) is 4.71. The highest BCUT2D eigenvalue weighted by atomic mass is 16.5. The van der Waals surface area contributed by atoms with E-state index in [9.17, 15) is 9.59 Å². The van der Waals surface area contributed by atoms with Crippen LogP contribution < -0.4 is 4.74 Å². The van der Waals surface area contributed by atoms with Crippen molar-refractivity contribution in [2.24, 2.45) is 0 Å². The van der Waals surface area contributed by atoms with Crippen LogP contribution in [0.1, 0.15) is 31.7 Å². The summed E-state index contributed by atoms with van der Waals surface area (Å²) in [6, 6.07) is 6.46. The predicted octanol–water partition coefficient (Wildman–Crippen LogP) is 2.12. The fourth-order valence-electron chi connectivity index (χ4n) is 1.57. The quantitative estimate of drug-likeness (QED) is 0.810. The summed E-state index contributed by atoms with van der Waals surface area (Å²) < 4.78 is 5.43. The van der Waals surface area contributed by atoms with Gasteiger partial charge >= 0.3 is 11.9 Å². The lowest BCUT2D eigenvalue weighted by Gasteiger charge is -2.13. The van der Waals surface area contributed by atoms with Crippen molar-refractivity contribution in [2.75, 3.05) is 0 Å². The van der Waals surface area contributed by atoms with Crippen molar-refractivity contribution in [3.63, 3.8) is 0 Å². The van der Waals surface area contributed by atoms with Crippen molar-refractivity contribution >= 4 is 11.9 Å². The van der Waals surface area contributed by atoms with E-state index in [1.54, 1.807) is 24.3 Å². The molecule has 0 radical (unpaired) electrons. The zero-order chi connectivity index (χ0) is 13.7. The van der Waals surface area contributed by atoms with E-state index in [4.69, 9.17) is 14.9 Å². The molecule has 2 N–H and O–H groups in total. The summed E-state index contributed by atoms with van der Waals surface area (Å²) in [5.74, 6) is -2.68. The lowest BCUT2D eigenvalue weighted by molar-refractivity contribution is -0.145. The van der Waals surface area contributed by atoms with Gasteiger partial charge in [0.1, 0.15) is 5.75 Å². The molecular weight excluding hydrogens is 236 g/mol. The smallest absolute Gasteiger partial charge is 0.311 e. The van der Waals surface area contributed by atoms with E-state index < -0.39 is 24.3 Å². The van der Waals surface area contributed by atoms with Gasteiger partial charge in [-0.05, 0) is 31.5 Å². The molecule has 98 valence electrons. The zero-order valence-corrected chi connectivity index (χ0v) is 10.3. The number of aliphatic carboxylic acids is 2. The van der Waals surface area contributed by atoms with Crippen LogP contribution in [0.3, 0.4) is 0 Å². The standard InChI is InChI=1S/C13H16O5/c1-8(2)18-10-5-3-9(4-6-10)11(13(16)17)7-12(14)15/h3-6,8,11H,7H2,1-2H3,(H,14,15)(H,16,17). The summed E-state index contributed by atoms with van der Waals surface area (Å²) in [4.78, 5) is 21.6. The zero-order valence-electron chi connectivity index (χ0n) is 10.3. The Labute approximate surface area is 105 Å². The van der Waals surface area contributed by atoms with Crippen molar-refractivity contribution in [1.82, 2.24) is 0 Å². The Hall–Kier alpha value is -2.04. The van der Waals surface area contributed by atoms with Crippen molar-refractivity contribution in [1.29, 1.82) is 0 Å². The molecule has 0 fully saturated rings. The van der Waals surface area contributed by atoms with Gasteiger partial charge in [-0.2, -0.15) is 0 Å². The minimum atomic E-state index is -1.14. The van der Waals surface area contributed by atoms with Crippen LogP contribution in [0.5, 0.6) is 5.75 Å². The summed E-state index contributed by atoms with van der Waals surface area (Å²) in [5, 5.41) is 17.7. The Morgan fingerprint density at radius 3 is 2.11 bits per heavy atom. The first-order valence-corrected chi connectivity index (χ1v) is 5.61. The molecule has 1 atom stereocenters. The normalized spacial score (nSPS) is 12.2. The van der Waals surface area contributed by atoms with Gasteiger partial charge in [-0.3, -0.25) is 9.59 Å². The van der Waals surface area contributed by atoms with Crippen LogP contribution in [0, 0.1) is 0 Å². The molecule has 0 saturated heterocycles. The Morgan fingerprint density at radius 1 is 1.17 bits per heavy atom. The molecule has 0 aliphatic carbocycles. The number of benzene rings is 1. The largest absolute Gasteiger partial charge is 0.491 e. The van der Waals surface area contributed by atoms with Crippen LogP contribution in [0.2, 0.25) is 0 Å². The van der Waals surface area contributed by atoms with Crippen molar-refractivity contribution in [2.45, 2.75) is 32.3 Å². The minimum absolute atomic E-state index is 0.0325. The van der Waals surface area contributed by atoms with Gasteiger partial charge in [0.05, 0.1) is 18.4 Å². The van der Waals surface area contributed by atoms with Gasteiger partial charge in [0.15, 0.2) is 0 Å². The number of hydrogen-bond acceptors (Lipinski definition) is 3. The molecule has 0 saturated carbocycles. The SMILES string of the molecule is CC(C)Oc1ccc(C(CC(=O)O)C(=O)O)cc1. The first kappa shape index (κ1) is 14.0. The van der Waals surface area contributed by atoms with Gasteiger partial charge < -0.3 is 14.9 Å². The Balaban J connectivity index is 2.86. The third-order valence-corrected chi connectivity index (χ3v) is 2.33. The Morgan fingerprint density at radius 2 is 1.72 bits per heavy atom. The van der Waals surface area contributed by atoms with E-state index in [0.29, 0.717) is 11.3 Å². The average molecular weight is 252 g/mol. The maximum absolute atomic E-state index is 11.0. The molecule has 0 amide bonds. The third kappa shape index (κ3) is 4.08. The number of carbonyl (C=O) groups is 2. The lowest BCUT2D eigenvalue weighted by atomic mass is 9.96. The molecule has 1 unspecified atom stereocenters. The van der Waals surface area contributed by atoms with Gasteiger partial charge in [0.25, 0.3) is 0 Å². The van der Waals surface area contributed by atoms with Crippen LogP contribution in [0.15, 0.2) is 24.3 Å². The topological polar surface area (TPSA) is 83.8 Å². The van der Waals surface area contributed by atoms with E-state index >= 15 is 0 Å². The summed E-state index contributed by atoms with van der Waals surface area (Å²) in [6.45, 7) is 3.77. The second kappa shape index (κ2) is 6.05. The van der Waals surface area contributed by atoms with Gasteiger partial charge in [0.2, 0.25) is 0 Å². The molecular formula is C13H16O5. The highest BCUT2D eigenvalue weighted by Gasteiger charge is 2.22. The van der Waals surface area contributed by atoms with E-state index in [1.165, 1.54) is 0 Å². The molecule has 0 aromatic heterocycles. The van der Waals surface area contributed by atoms with Crippen molar-refractivity contribution < 1.29 is 24.5 Å². The first-order chi connectivity index (χ1) is 8.40. The molecule has 0 spiro atoms. The first-order valence-electron chi connectivity index (χ1n) is 5.61. The van der Waals surface area contributed by atoms with Gasteiger partial charge in [-0.25, -0.2) is 0 Å². The maximum atomic E-state index is 11.0. The predicted molar refractivity (Wildman–Crippen MR) is 64.8 cm³/mol. The number of hydrogen-bond donors (Lipinski definition) is 2. The molecule has 5 heteroatoms. The van der Waals surface area contributed by atoms with Crippen LogP contribution in [-0.2, 0) is 9.59 Å². The molecule has 0 aliphatic rings. The lowest BCUT2D eigenvalue weighted by Crippen LogP contribution is -2.15. The number of carboxylic acid groups (broad SMARTS) is 2. The van der Waals surface area contributed by atoms with Crippen LogP contribution >= 0.6 is 0 Å². The van der Waals surface area contributed by atoms with Gasteiger partial charge in [-0.15, -0.1) is 0 Å². The van der Waals surface area contributed by atoms with Gasteiger partial charge in [0, 0.05) is 0 Å². The second-order valence-electron chi connectivity index (χ2n) is 4.22. The number of ether oxygens (including phenoxy) is 1. The van der Waals surface area contributed by atoms with Crippen LogP contribution in [0.4, 0.5) is 0 Å². The number of rotatable bonds is 6. The van der Waals surface area contributed by atoms with Crippen LogP contribution in [-0.4, -0.2) is 28.3 Å². The van der Waals surface area contributed by atoms with E-state index in [0.717, 1.165) is 0 Å². The molecule has 0 aliphatic heterocycles. The summed E-state index contributed by atoms with van der Waals surface area (Å²) in [7, 11) is 0. The summed E-state index contributed by atoms with van der Waals surface area (Å²) >= 11 is 0. The maximum Gasteiger partial charge on any atom is 0.311 e. The average Bonchev–Trinajstić information content (AvgIpc) is 2.26. The molecule has 0 heterocycles. The minimum Gasteiger partial charge on any atom is -0.491 e. The highest BCUT2D eigenvalue weighted by Crippen LogP contribution is 2.23. The van der Waals surface area contributed by atoms with E-state index in [-0.39, 0.29) is 6.10 Å².